The Morgan fingerprint density at radius 2 is 0.615 bits per heavy atom. The molecule has 0 spiro atoms. The Hall–Kier alpha value is -4.19. The maximum Gasteiger partial charge on any atom is 0.306 e. The van der Waals surface area contributed by atoms with Crippen molar-refractivity contribution in [3.63, 3.8) is 0 Å². The van der Waals surface area contributed by atoms with E-state index in [1.807, 2.05) is 0 Å². The van der Waals surface area contributed by atoms with E-state index < -0.39 is 6.10 Å². The van der Waals surface area contributed by atoms with Crippen LogP contribution in [0.1, 0.15) is 213 Å². The number of esters is 3. The third kappa shape index (κ3) is 50.7. The molecule has 0 saturated heterocycles. The van der Waals surface area contributed by atoms with Gasteiger partial charge in [0.1, 0.15) is 13.2 Å². The lowest BCUT2D eigenvalue weighted by Crippen LogP contribution is -2.30. The fourth-order valence-electron chi connectivity index (χ4n) is 6.51. The molecule has 0 N–H and O–H groups in total. The monoisotopic (exact) mass is 899 g/mol. The van der Waals surface area contributed by atoms with Gasteiger partial charge in [-0.1, -0.05) is 187 Å². The van der Waals surface area contributed by atoms with Gasteiger partial charge in [0, 0.05) is 19.3 Å². The van der Waals surface area contributed by atoms with Gasteiger partial charge in [0.05, 0.1) is 0 Å². The van der Waals surface area contributed by atoms with Crippen LogP contribution in [-0.2, 0) is 28.6 Å². The van der Waals surface area contributed by atoms with E-state index in [0.29, 0.717) is 19.3 Å². The van der Waals surface area contributed by atoms with Gasteiger partial charge in [0.2, 0.25) is 0 Å². The van der Waals surface area contributed by atoms with Crippen molar-refractivity contribution in [1.82, 2.24) is 0 Å². The van der Waals surface area contributed by atoms with Crippen molar-refractivity contribution in [2.75, 3.05) is 13.2 Å². The highest BCUT2D eigenvalue weighted by Crippen LogP contribution is 2.11. The van der Waals surface area contributed by atoms with Crippen LogP contribution in [0.2, 0.25) is 0 Å². The van der Waals surface area contributed by atoms with Gasteiger partial charge in [0.15, 0.2) is 6.10 Å². The molecule has 366 valence electrons. The average molecular weight is 899 g/mol. The van der Waals surface area contributed by atoms with E-state index >= 15 is 0 Å². The van der Waals surface area contributed by atoms with E-state index in [4.69, 9.17) is 14.2 Å². The predicted molar refractivity (Wildman–Crippen MR) is 279 cm³/mol. The lowest BCUT2D eigenvalue weighted by atomic mass is 10.1. The van der Waals surface area contributed by atoms with E-state index in [1.165, 1.54) is 51.4 Å². The zero-order chi connectivity index (χ0) is 47.2. The fourth-order valence-corrected chi connectivity index (χ4v) is 6.51. The zero-order valence-corrected chi connectivity index (χ0v) is 41.7. The number of hydrogen-bond donors (Lipinski definition) is 0. The molecule has 0 aromatic rings. The SMILES string of the molecule is CC/C=C\C/C=C\C/C=C\C/C=C\C/C=C\CCCC(=O)OC[C@H](COC(=O)CCCCCCC/C=C\C/C=C\CCCCC)OC(=O)CCCC/C=C\C/C=C\C/C=C\CCCCC. The van der Waals surface area contributed by atoms with Crippen molar-refractivity contribution >= 4 is 17.9 Å². The van der Waals surface area contributed by atoms with Crippen molar-refractivity contribution in [2.24, 2.45) is 0 Å². The van der Waals surface area contributed by atoms with E-state index in [0.717, 1.165) is 109 Å². The number of carbonyl (C=O) groups is 3. The molecule has 0 aliphatic heterocycles. The zero-order valence-electron chi connectivity index (χ0n) is 41.7. The largest absolute Gasteiger partial charge is 0.462 e. The van der Waals surface area contributed by atoms with E-state index in [9.17, 15) is 14.4 Å². The summed E-state index contributed by atoms with van der Waals surface area (Å²) in [6, 6.07) is 0. The van der Waals surface area contributed by atoms with Gasteiger partial charge in [-0.3, -0.25) is 14.4 Å². The molecular weight excluding hydrogens is 805 g/mol. The van der Waals surface area contributed by atoms with Crippen LogP contribution in [0.15, 0.2) is 122 Å². The molecule has 0 aromatic heterocycles. The van der Waals surface area contributed by atoms with Crippen molar-refractivity contribution in [3.05, 3.63) is 122 Å². The summed E-state index contributed by atoms with van der Waals surface area (Å²) in [5.41, 5.74) is 0. The average Bonchev–Trinajstić information content (AvgIpc) is 3.30. The molecule has 0 aliphatic carbocycles. The first-order valence-electron chi connectivity index (χ1n) is 26.0. The minimum atomic E-state index is -0.830. The molecule has 0 fully saturated rings. The molecule has 0 aromatic carbocycles. The van der Waals surface area contributed by atoms with Crippen molar-refractivity contribution in [1.29, 1.82) is 0 Å². The normalized spacial score (nSPS) is 13.1. The smallest absolute Gasteiger partial charge is 0.306 e. The topological polar surface area (TPSA) is 78.9 Å². The van der Waals surface area contributed by atoms with Crippen LogP contribution in [0, 0.1) is 0 Å². The number of unbranched alkanes of at least 4 members (excludes halogenated alkanes) is 14. The Morgan fingerprint density at radius 3 is 1.03 bits per heavy atom. The van der Waals surface area contributed by atoms with Gasteiger partial charge in [-0.2, -0.15) is 0 Å². The second kappa shape index (κ2) is 52.4. The summed E-state index contributed by atoms with van der Waals surface area (Å²) >= 11 is 0. The van der Waals surface area contributed by atoms with Crippen molar-refractivity contribution < 1.29 is 28.6 Å². The molecule has 0 aliphatic rings. The summed E-state index contributed by atoms with van der Waals surface area (Å²) < 4.78 is 16.7. The van der Waals surface area contributed by atoms with Crippen LogP contribution in [0.5, 0.6) is 0 Å². The third-order valence-electron chi connectivity index (χ3n) is 10.4. The van der Waals surface area contributed by atoms with E-state index in [-0.39, 0.29) is 44.0 Å². The van der Waals surface area contributed by atoms with Crippen LogP contribution in [-0.4, -0.2) is 37.2 Å². The highest BCUT2D eigenvalue weighted by molar-refractivity contribution is 5.71. The number of carbonyl (C=O) groups excluding carboxylic acids is 3. The fraction of sp³-hybridized carbons (Fsp3) is 0.610. The molecule has 0 heterocycles. The number of rotatable bonds is 45. The molecule has 0 unspecified atom stereocenters. The van der Waals surface area contributed by atoms with Gasteiger partial charge in [-0.15, -0.1) is 0 Å². The summed E-state index contributed by atoms with van der Waals surface area (Å²) in [5.74, 6) is -1.04. The van der Waals surface area contributed by atoms with Gasteiger partial charge in [0.25, 0.3) is 0 Å². The standard InChI is InChI=1S/C59H94O6/c1-4-7-10-13-16-19-22-25-28-29-32-34-37-40-43-46-49-52-58(61)64-55-56(65-59(62)53-50-47-44-41-38-35-31-27-24-21-18-15-12-9-6-3)54-63-57(60)51-48-45-42-39-36-33-30-26-23-20-17-14-11-8-5-2/h7,10,16-21,25-28,30-32,34,38,40-41,43,56H,4-6,8-9,11-15,22-24,29,33,35-37,39,42,44-55H2,1-3H3/b10-7-,19-16-,20-17-,21-18-,28-25-,30-26-,31-27-,34-32-,41-38-,43-40-/t56-/m0/s1. The van der Waals surface area contributed by atoms with Crippen LogP contribution in [0.25, 0.3) is 0 Å². The minimum Gasteiger partial charge on any atom is -0.462 e. The van der Waals surface area contributed by atoms with Crippen LogP contribution in [0.3, 0.4) is 0 Å². The second-order valence-electron chi connectivity index (χ2n) is 16.7. The highest BCUT2D eigenvalue weighted by Gasteiger charge is 2.19. The molecule has 0 saturated carbocycles. The molecule has 6 nitrogen and oxygen atoms in total. The Morgan fingerprint density at radius 1 is 0.323 bits per heavy atom. The van der Waals surface area contributed by atoms with Crippen molar-refractivity contribution in [2.45, 2.75) is 219 Å². The predicted octanol–water partition coefficient (Wildman–Crippen LogP) is 17.3. The second-order valence-corrected chi connectivity index (χ2v) is 16.7. The lowest BCUT2D eigenvalue weighted by Gasteiger charge is -2.18. The molecular formula is C59H94O6. The summed E-state index contributed by atoms with van der Waals surface area (Å²) in [4.78, 5) is 38.0. The molecule has 0 rings (SSSR count). The third-order valence-corrected chi connectivity index (χ3v) is 10.4. The molecule has 0 amide bonds. The molecule has 0 bridgehead atoms. The minimum absolute atomic E-state index is 0.122. The number of hydrogen-bond acceptors (Lipinski definition) is 6. The Kier molecular flexibility index (Phi) is 49.1. The van der Waals surface area contributed by atoms with Gasteiger partial charge < -0.3 is 14.2 Å². The van der Waals surface area contributed by atoms with Crippen LogP contribution < -0.4 is 0 Å². The first kappa shape index (κ1) is 60.8. The van der Waals surface area contributed by atoms with Gasteiger partial charge >= 0.3 is 17.9 Å². The number of allylic oxidation sites excluding steroid dienone is 20. The van der Waals surface area contributed by atoms with Crippen LogP contribution in [0.4, 0.5) is 0 Å². The van der Waals surface area contributed by atoms with E-state index in [2.05, 4.69) is 142 Å². The molecule has 6 heteroatoms. The van der Waals surface area contributed by atoms with E-state index in [1.54, 1.807) is 0 Å². The Balaban J connectivity index is 4.59. The maximum atomic E-state index is 12.8. The molecule has 1 atom stereocenters. The summed E-state index contributed by atoms with van der Waals surface area (Å²) in [5, 5.41) is 0. The van der Waals surface area contributed by atoms with Gasteiger partial charge in [-0.25, -0.2) is 0 Å². The quantitative estimate of drug-likeness (QED) is 0.0262. The Labute approximate surface area is 399 Å². The summed E-state index contributed by atoms with van der Waals surface area (Å²) in [7, 11) is 0. The highest BCUT2D eigenvalue weighted by atomic mass is 16.6. The maximum absolute atomic E-state index is 12.8. The molecule has 0 radical (unpaired) electrons. The van der Waals surface area contributed by atoms with Gasteiger partial charge in [-0.05, 0) is 128 Å². The number of ether oxygens (including phenoxy) is 3. The first-order chi connectivity index (χ1) is 32.0. The Bertz CT molecular complexity index is 1400. The summed E-state index contributed by atoms with van der Waals surface area (Å²) in [6.45, 7) is 6.35. The summed E-state index contributed by atoms with van der Waals surface area (Å²) in [6.07, 6.45) is 71.8. The lowest BCUT2D eigenvalue weighted by molar-refractivity contribution is -0.167. The molecule has 65 heavy (non-hydrogen) atoms. The first-order valence-corrected chi connectivity index (χ1v) is 26.0. The van der Waals surface area contributed by atoms with Crippen LogP contribution >= 0.6 is 0 Å². The van der Waals surface area contributed by atoms with Crippen molar-refractivity contribution in [3.8, 4) is 0 Å².